The first kappa shape index (κ1) is 19.8. The van der Waals surface area contributed by atoms with Crippen molar-refractivity contribution in [2.45, 2.75) is 19.8 Å². The maximum Gasteiger partial charge on any atom is 0.270 e. The van der Waals surface area contributed by atoms with Crippen LogP contribution in [0.25, 0.3) is 0 Å². The van der Waals surface area contributed by atoms with Crippen molar-refractivity contribution in [2.75, 3.05) is 26.2 Å². The molecule has 0 bridgehead atoms. The summed E-state index contributed by atoms with van der Waals surface area (Å²) in [6, 6.07) is 13.1. The summed E-state index contributed by atoms with van der Waals surface area (Å²) in [4.78, 5) is 25.8. The minimum atomic E-state index is -0.515. The Bertz CT molecular complexity index is 820. The van der Waals surface area contributed by atoms with Gasteiger partial charge in [0.05, 0.1) is 10.5 Å². The van der Waals surface area contributed by atoms with Crippen molar-refractivity contribution >= 4 is 11.6 Å². The molecule has 0 aliphatic carbocycles. The number of ether oxygens (including phenoxy) is 1. The van der Waals surface area contributed by atoms with E-state index in [4.69, 9.17) is 4.74 Å². The molecule has 1 heterocycles. The second-order valence-corrected chi connectivity index (χ2v) is 7.18. The van der Waals surface area contributed by atoms with E-state index in [1.807, 2.05) is 18.2 Å². The number of nitro benzene ring substituents is 1. The molecule has 1 amide bonds. The number of amides is 1. The van der Waals surface area contributed by atoms with Crippen molar-refractivity contribution in [1.82, 2.24) is 10.2 Å². The maximum atomic E-state index is 12.7. The fourth-order valence-electron chi connectivity index (χ4n) is 3.35. The molecule has 0 radical (unpaired) electrons. The smallest absolute Gasteiger partial charge is 0.270 e. The van der Waals surface area contributed by atoms with E-state index >= 15 is 0 Å². The van der Waals surface area contributed by atoms with E-state index < -0.39 is 4.92 Å². The van der Waals surface area contributed by atoms with Gasteiger partial charge in [-0.3, -0.25) is 14.9 Å². The number of likely N-dealkylation sites (tertiary alicyclic amines) is 1. The van der Waals surface area contributed by atoms with E-state index in [9.17, 15) is 14.9 Å². The number of nitro groups is 1. The lowest BCUT2D eigenvalue weighted by atomic mass is 10.1. The molecule has 1 aliphatic heterocycles. The summed E-state index contributed by atoms with van der Waals surface area (Å²) in [6.07, 6.45) is 2.46. The molecule has 2 aromatic rings. The standard InChI is InChI=1S/C21H25N3O4/c1-16(15-23-11-5-6-12-23)14-22-21(25)19-13-17(24(26)27)9-10-20(19)28-18-7-3-2-4-8-18/h2-4,7-10,13,16H,5-6,11-12,14-15H2,1H3,(H,22,25). The Morgan fingerprint density at radius 3 is 2.61 bits per heavy atom. The van der Waals surface area contributed by atoms with Gasteiger partial charge in [0.2, 0.25) is 0 Å². The van der Waals surface area contributed by atoms with Crippen LogP contribution in [0.2, 0.25) is 0 Å². The third-order valence-electron chi connectivity index (χ3n) is 4.77. The molecule has 2 aromatic carbocycles. The average Bonchev–Trinajstić information content (AvgIpc) is 3.20. The summed E-state index contributed by atoms with van der Waals surface area (Å²) in [5.74, 6) is 0.774. The van der Waals surface area contributed by atoms with Gasteiger partial charge in [0.1, 0.15) is 11.5 Å². The Kier molecular flexibility index (Phi) is 6.60. The van der Waals surface area contributed by atoms with Gasteiger partial charge in [0.25, 0.3) is 11.6 Å². The number of carbonyl (C=O) groups excluding carboxylic acids is 1. The minimum Gasteiger partial charge on any atom is -0.457 e. The predicted octanol–water partition coefficient (Wildman–Crippen LogP) is 3.85. The first-order valence-electron chi connectivity index (χ1n) is 9.55. The van der Waals surface area contributed by atoms with Gasteiger partial charge < -0.3 is 15.0 Å². The van der Waals surface area contributed by atoms with Gasteiger partial charge in [-0.05, 0) is 50.0 Å². The molecule has 1 aliphatic rings. The first-order valence-corrected chi connectivity index (χ1v) is 9.55. The van der Waals surface area contributed by atoms with E-state index in [0.717, 1.165) is 19.6 Å². The third kappa shape index (κ3) is 5.29. The lowest BCUT2D eigenvalue weighted by Crippen LogP contribution is -2.34. The van der Waals surface area contributed by atoms with E-state index in [0.29, 0.717) is 24.0 Å². The molecule has 7 nitrogen and oxygen atoms in total. The Labute approximate surface area is 164 Å². The van der Waals surface area contributed by atoms with E-state index in [1.54, 1.807) is 12.1 Å². The Morgan fingerprint density at radius 2 is 1.93 bits per heavy atom. The van der Waals surface area contributed by atoms with Crippen molar-refractivity contribution in [3.8, 4) is 11.5 Å². The summed E-state index contributed by atoms with van der Waals surface area (Å²) >= 11 is 0. The fourth-order valence-corrected chi connectivity index (χ4v) is 3.35. The summed E-state index contributed by atoms with van der Waals surface area (Å²) in [5, 5.41) is 14.0. The Balaban J connectivity index is 1.70. The number of nitrogens with zero attached hydrogens (tertiary/aromatic N) is 2. The van der Waals surface area contributed by atoms with E-state index in [2.05, 4.69) is 17.1 Å². The molecular weight excluding hydrogens is 358 g/mol. The van der Waals surface area contributed by atoms with Gasteiger partial charge in [-0.15, -0.1) is 0 Å². The number of para-hydroxylation sites is 1. The first-order chi connectivity index (χ1) is 13.5. The molecule has 0 saturated carbocycles. The lowest BCUT2D eigenvalue weighted by molar-refractivity contribution is -0.384. The molecule has 1 unspecified atom stereocenters. The number of nitrogens with one attached hydrogen (secondary N) is 1. The van der Waals surface area contributed by atoms with Crippen LogP contribution in [0, 0.1) is 16.0 Å². The molecule has 0 spiro atoms. The van der Waals surface area contributed by atoms with Gasteiger partial charge in [0.15, 0.2) is 0 Å². The lowest BCUT2D eigenvalue weighted by Gasteiger charge is -2.20. The number of hydrogen-bond acceptors (Lipinski definition) is 5. The molecule has 28 heavy (non-hydrogen) atoms. The monoisotopic (exact) mass is 383 g/mol. The van der Waals surface area contributed by atoms with Crippen molar-refractivity contribution in [3.05, 3.63) is 64.2 Å². The second-order valence-electron chi connectivity index (χ2n) is 7.18. The van der Waals surface area contributed by atoms with Crippen LogP contribution in [-0.2, 0) is 0 Å². The molecule has 1 saturated heterocycles. The van der Waals surface area contributed by atoms with Gasteiger partial charge >= 0.3 is 0 Å². The van der Waals surface area contributed by atoms with Crippen LogP contribution in [0.3, 0.4) is 0 Å². The van der Waals surface area contributed by atoms with E-state index in [1.165, 1.54) is 31.0 Å². The molecular formula is C21H25N3O4. The van der Waals surface area contributed by atoms with Crippen LogP contribution in [0.4, 0.5) is 5.69 Å². The highest BCUT2D eigenvalue weighted by molar-refractivity contribution is 5.97. The van der Waals surface area contributed by atoms with Gasteiger partial charge in [-0.25, -0.2) is 0 Å². The highest BCUT2D eigenvalue weighted by Crippen LogP contribution is 2.28. The average molecular weight is 383 g/mol. The summed E-state index contributed by atoms with van der Waals surface area (Å²) in [5.41, 5.74) is 0.0158. The molecule has 7 heteroatoms. The quantitative estimate of drug-likeness (QED) is 0.553. The fraction of sp³-hybridized carbons (Fsp3) is 0.381. The second kappa shape index (κ2) is 9.32. The van der Waals surface area contributed by atoms with Crippen LogP contribution in [0.15, 0.2) is 48.5 Å². The van der Waals surface area contributed by atoms with Crippen LogP contribution >= 0.6 is 0 Å². The zero-order valence-electron chi connectivity index (χ0n) is 16.0. The minimum absolute atomic E-state index is 0.143. The largest absolute Gasteiger partial charge is 0.457 e. The third-order valence-corrected chi connectivity index (χ3v) is 4.77. The highest BCUT2D eigenvalue weighted by Gasteiger charge is 2.20. The highest BCUT2D eigenvalue weighted by atomic mass is 16.6. The van der Waals surface area contributed by atoms with Crippen molar-refractivity contribution in [1.29, 1.82) is 0 Å². The summed E-state index contributed by atoms with van der Waals surface area (Å²) in [7, 11) is 0. The van der Waals surface area contributed by atoms with Crippen molar-refractivity contribution in [3.63, 3.8) is 0 Å². The Hall–Kier alpha value is -2.93. The number of hydrogen-bond donors (Lipinski definition) is 1. The SMILES string of the molecule is CC(CNC(=O)c1cc([N+](=O)[O-])ccc1Oc1ccccc1)CN1CCCC1. The van der Waals surface area contributed by atoms with Crippen LogP contribution < -0.4 is 10.1 Å². The summed E-state index contributed by atoms with van der Waals surface area (Å²) in [6.45, 7) is 5.75. The van der Waals surface area contributed by atoms with Gasteiger partial charge in [0, 0.05) is 25.2 Å². The number of benzene rings is 2. The van der Waals surface area contributed by atoms with Crippen LogP contribution in [0.5, 0.6) is 11.5 Å². The number of non-ortho nitro benzene ring substituents is 1. The molecule has 148 valence electrons. The summed E-state index contributed by atoms with van der Waals surface area (Å²) < 4.78 is 5.79. The van der Waals surface area contributed by atoms with Crippen LogP contribution in [0.1, 0.15) is 30.1 Å². The normalized spacial score (nSPS) is 15.2. The zero-order chi connectivity index (χ0) is 19.9. The topological polar surface area (TPSA) is 84.7 Å². The zero-order valence-corrected chi connectivity index (χ0v) is 16.0. The molecule has 1 fully saturated rings. The van der Waals surface area contributed by atoms with E-state index in [-0.39, 0.29) is 17.2 Å². The van der Waals surface area contributed by atoms with Gasteiger partial charge in [-0.2, -0.15) is 0 Å². The molecule has 1 N–H and O–H groups in total. The predicted molar refractivity (Wildman–Crippen MR) is 107 cm³/mol. The number of rotatable bonds is 8. The molecule has 0 aromatic heterocycles. The molecule has 3 rings (SSSR count). The Morgan fingerprint density at radius 1 is 1.21 bits per heavy atom. The molecule has 1 atom stereocenters. The number of carbonyl (C=O) groups is 1. The maximum absolute atomic E-state index is 12.7. The van der Waals surface area contributed by atoms with Crippen molar-refractivity contribution in [2.24, 2.45) is 5.92 Å². The van der Waals surface area contributed by atoms with Crippen LogP contribution in [-0.4, -0.2) is 41.9 Å². The van der Waals surface area contributed by atoms with Gasteiger partial charge in [-0.1, -0.05) is 25.1 Å². The van der Waals surface area contributed by atoms with Crippen molar-refractivity contribution < 1.29 is 14.5 Å².